The third-order valence-electron chi connectivity index (χ3n) is 4.50. The molecule has 152 valence electrons. The van der Waals surface area contributed by atoms with Gasteiger partial charge in [-0.1, -0.05) is 0 Å². The molecule has 0 aromatic carbocycles. The van der Waals surface area contributed by atoms with E-state index in [9.17, 15) is 24.2 Å². The Kier molecular flexibility index (Phi) is 7.40. The monoisotopic (exact) mass is 407 g/mol. The average molecular weight is 407 g/mol. The van der Waals surface area contributed by atoms with Crippen molar-refractivity contribution in [2.75, 3.05) is 13.7 Å². The van der Waals surface area contributed by atoms with E-state index in [0.29, 0.717) is 0 Å². The fourth-order valence-corrected chi connectivity index (χ4v) is 3.24. The Bertz CT molecular complexity index is 779. The second-order valence-corrected chi connectivity index (χ2v) is 6.97. The van der Waals surface area contributed by atoms with Crippen LogP contribution in [0.3, 0.4) is 0 Å². The Labute approximate surface area is 155 Å². The number of nitrogens with zero attached hydrogens (tertiary/aromatic N) is 1. The third kappa shape index (κ3) is 4.88. The predicted octanol–water partition coefficient (Wildman–Crippen LogP) is -0.422. The molecule has 2 rings (SSSR count). The molecule has 27 heavy (non-hydrogen) atoms. The maximum absolute atomic E-state index is 12.3. The predicted molar refractivity (Wildman–Crippen MR) is 92.6 cm³/mol. The molecule has 0 spiro atoms. The van der Waals surface area contributed by atoms with E-state index in [0.717, 1.165) is 4.57 Å². The minimum absolute atomic E-state index is 0.258. The number of aliphatic hydroxyl groups is 1. The summed E-state index contributed by atoms with van der Waals surface area (Å²) in [7, 11) is -1.52. The molecule has 0 bridgehead atoms. The Hall–Kier alpha value is -1.46. The largest absolute Gasteiger partial charge is 0.695 e. The highest BCUT2D eigenvalue weighted by atomic mass is 31.1. The fraction of sp³-hybridized carbons (Fsp3) is 0.733. The molecular formula is C15H24N2O9P+. The van der Waals surface area contributed by atoms with Crippen LogP contribution in [-0.2, 0) is 23.3 Å². The first-order valence-corrected chi connectivity index (χ1v) is 9.42. The van der Waals surface area contributed by atoms with E-state index in [-0.39, 0.29) is 11.7 Å². The molecule has 1 aliphatic rings. The van der Waals surface area contributed by atoms with Crippen molar-refractivity contribution in [3.05, 3.63) is 32.6 Å². The van der Waals surface area contributed by atoms with Crippen LogP contribution in [0.2, 0.25) is 0 Å². The van der Waals surface area contributed by atoms with Gasteiger partial charge < -0.3 is 19.3 Å². The van der Waals surface area contributed by atoms with Crippen LogP contribution in [0.15, 0.2) is 15.8 Å². The molecule has 0 aliphatic carbocycles. The standard InChI is InChI=1S/C15H23N2O9P/c1-7-5-17(15(20)16-13(7)19)14-12(24-9(3)8(2)23-4)11(26-27(21)22)10(6-18)25-14/h5,8-12,14,18H,6H2,1-4H3,(H-,16,19,20,21,22)/p+1/t8-,9+,10-,11?,12+,14-/m1/s1. The molecule has 12 heteroatoms. The zero-order chi connectivity index (χ0) is 20.3. The van der Waals surface area contributed by atoms with Gasteiger partial charge >= 0.3 is 13.9 Å². The Balaban J connectivity index is 2.46. The van der Waals surface area contributed by atoms with E-state index in [4.69, 9.17) is 18.7 Å². The van der Waals surface area contributed by atoms with Gasteiger partial charge in [-0.2, -0.15) is 0 Å². The van der Waals surface area contributed by atoms with Crippen LogP contribution >= 0.6 is 8.25 Å². The van der Waals surface area contributed by atoms with Crippen LogP contribution in [0.5, 0.6) is 0 Å². The molecule has 0 amide bonds. The molecule has 1 fully saturated rings. The lowest BCUT2D eigenvalue weighted by Crippen LogP contribution is -2.43. The van der Waals surface area contributed by atoms with E-state index < -0.39 is 56.8 Å². The van der Waals surface area contributed by atoms with Gasteiger partial charge in [0.05, 0.1) is 18.8 Å². The van der Waals surface area contributed by atoms with Crippen molar-refractivity contribution in [1.29, 1.82) is 0 Å². The van der Waals surface area contributed by atoms with Gasteiger partial charge in [-0.05, 0) is 20.8 Å². The van der Waals surface area contributed by atoms with Gasteiger partial charge in [-0.3, -0.25) is 14.3 Å². The first-order valence-electron chi connectivity index (χ1n) is 8.29. The van der Waals surface area contributed by atoms with Crippen molar-refractivity contribution in [2.45, 2.75) is 57.5 Å². The van der Waals surface area contributed by atoms with Crippen molar-refractivity contribution in [3.63, 3.8) is 0 Å². The van der Waals surface area contributed by atoms with Gasteiger partial charge in [0.15, 0.2) is 12.3 Å². The summed E-state index contributed by atoms with van der Waals surface area (Å²) in [5.41, 5.74) is -1.03. The highest BCUT2D eigenvalue weighted by molar-refractivity contribution is 7.32. The highest BCUT2D eigenvalue weighted by Crippen LogP contribution is 2.37. The third-order valence-corrected chi connectivity index (χ3v) is 4.93. The SMILES string of the molecule is CO[C@H](C)[C@H](C)O[C@H]1C(O[P+](=O)O)[C@@H](CO)O[C@H]1n1cc(C)c(=O)[nH]c1=O. The van der Waals surface area contributed by atoms with Gasteiger partial charge in [0.25, 0.3) is 5.56 Å². The summed E-state index contributed by atoms with van der Waals surface area (Å²) >= 11 is 0. The molecule has 11 nitrogen and oxygen atoms in total. The lowest BCUT2D eigenvalue weighted by molar-refractivity contribution is -0.127. The van der Waals surface area contributed by atoms with Crippen LogP contribution in [0, 0.1) is 6.92 Å². The Morgan fingerprint density at radius 2 is 2.00 bits per heavy atom. The Morgan fingerprint density at radius 1 is 1.33 bits per heavy atom. The van der Waals surface area contributed by atoms with Crippen LogP contribution in [0.25, 0.3) is 0 Å². The molecular weight excluding hydrogens is 383 g/mol. The molecule has 2 heterocycles. The zero-order valence-electron chi connectivity index (χ0n) is 15.4. The molecule has 1 aliphatic heterocycles. The number of nitrogens with one attached hydrogen (secondary N) is 1. The van der Waals surface area contributed by atoms with E-state index in [2.05, 4.69) is 4.98 Å². The normalized spacial score (nSPS) is 28.1. The average Bonchev–Trinajstić information content (AvgIpc) is 2.94. The van der Waals surface area contributed by atoms with Crippen LogP contribution in [0.4, 0.5) is 0 Å². The van der Waals surface area contributed by atoms with Crippen molar-refractivity contribution < 1.29 is 33.3 Å². The molecule has 1 aromatic heterocycles. The summed E-state index contributed by atoms with van der Waals surface area (Å²) < 4.78 is 34.2. The van der Waals surface area contributed by atoms with Gasteiger partial charge in [-0.15, -0.1) is 9.42 Å². The molecule has 7 atom stereocenters. The number of aromatic nitrogens is 2. The lowest BCUT2D eigenvalue weighted by Gasteiger charge is -2.28. The number of hydrogen-bond acceptors (Lipinski definition) is 8. The van der Waals surface area contributed by atoms with Crippen LogP contribution in [0.1, 0.15) is 25.6 Å². The summed E-state index contributed by atoms with van der Waals surface area (Å²) in [6, 6.07) is 0. The van der Waals surface area contributed by atoms with Crippen LogP contribution < -0.4 is 11.2 Å². The molecule has 1 aromatic rings. The quantitative estimate of drug-likeness (QED) is 0.488. The Morgan fingerprint density at radius 3 is 2.56 bits per heavy atom. The smallest absolute Gasteiger partial charge is 0.394 e. The number of hydrogen-bond donors (Lipinski definition) is 3. The second-order valence-electron chi connectivity index (χ2n) is 6.28. The van der Waals surface area contributed by atoms with Crippen molar-refractivity contribution in [2.24, 2.45) is 0 Å². The summed E-state index contributed by atoms with van der Waals surface area (Å²) in [6.07, 6.45) is -3.81. The van der Waals surface area contributed by atoms with Gasteiger partial charge in [0, 0.05) is 23.4 Å². The van der Waals surface area contributed by atoms with Gasteiger partial charge in [-0.25, -0.2) is 4.79 Å². The number of ether oxygens (including phenoxy) is 3. The van der Waals surface area contributed by atoms with Crippen molar-refractivity contribution in [1.82, 2.24) is 9.55 Å². The minimum atomic E-state index is -3.02. The number of methoxy groups -OCH3 is 1. The van der Waals surface area contributed by atoms with Gasteiger partial charge in [0.1, 0.15) is 12.2 Å². The summed E-state index contributed by atoms with van der Waals surface area (Å²) in [5.74, 6) is 0. The van der Waals surface area contributed by atoms with Crippen LogP contribution in [-0.4, -0.2) is 63.8 Å². The first kappa shape index (κ1) is 21.8. The second kappa shape index (κ2) is 9.16. The number of aryl methyl sites for hydroxylation is 1. The minimum Gasteiger partial charge on any atom is -0.394 e. The first-order chi connectivity index (χ1) is 12.7. The lowest BCUT2D eigenvalue weighted by atomic mass is 10.1. The van der Waals surface area contributed by atoms with Gasteiger partial charge in [0.2, 0.25) is 0 Å². The van der Waals surface area contributed by atoms with E-state index >= 15 is 0 Å². The number of H-pyrrole nitrogens is 1. The van der Waals surface area contributed by atoms with E-state index in [1.807, 2.05) is 0 Å². The molecule has 0 radical (unpaired) electrons. The van der Waals surface area contributed by atoms with Crippen molar-refractivity contribution >= 4 is 8.25 Å². The molecule has 0 saturated carbocycles. The summed E-state index contributed by atoms with van der Waals surface area (Å²) in [6.45, 7) is 4.46. The number of aromatic amines is 1. The fourth-order valence-electron chi connectivity index (χ4n) is 2.78. The summed E-state index contributed by atoms with van der Waals surface area (Å²) in [4.78, 5) is 35.2. The maximum atomic E-state index is 12.3. The molecule has 3 N–H and O–H groups in total. The number of rotatable bonds is 8. The van der Waals surface area contributed by atoms with Crippen molar-refractivity contribution in [3.8, 4) is 0 Å². The topological polar surface area (TPSA) is 149 Å². The summed E-state index contributed by atoms with van der Waals surface area (Å²) in [5, 5.41) is 9.58. The highest BCUT2D eigenvalue weighted by Gasteiger charge is 2.52. The zero-order valence-corrected chi connectivity index (χ0v) is 16.3. The molecule has 2 unspecified atom stereocenters. The maximum Gasteiger partial charge on any atom is 0.695 e. The van der Waals surface area contributed by atoms with E-state index in [1.165, 1.54) is 20.2 Å². The molecule has 1 saturated heterocycles. The number of aliphatic hydroxyl groups excluding tert-OH is 1. The van der Waals surface area contributed by atoms with E-state index in [1.54, 1.807) is 13.8 Å².